The van der Waals surface area contributed by atoms with Crippen LogP contribution in [-0.2, 0) is 6.42 Å². The van der Waals surface area contributed by atoms with E-state index in [1.165, 1.54) is 60.8 Å². The average molecular weight is 511 g/mol. The van der Waals surface area contributed by atoms with Crippen LogP contribution in [-0.4, -0.2) is 9.97 Å². The number of pyridine rings is 2. The van der Waals surface area contributed by atoms with Crippen molar-refractivity contribution in [1.29, 1.82) is 0 Å². The van der Waals surface area contributed by atoms with Crippen molar-refractivity contribution in [2.45, 2.75) is 57.8 Å². The van der Waals surface area contributed by atoms with Gasteiger partial charge in [-0.3, -0.25) is 9.97 Å². The molecule has 5 aromatic rings. The lowest BCUT2D eigenvalue weighted by Gasteiger charge is -2.21. The second-order valence-corrected chi connectivity index (χ2v) is 10.4. The van der Waals surface area contributed by atoms with Gasteiger partial charge in [0.1, 0.15) is 0 Å². The van der Waals surface area contributed by atoms with E-state index in [0.717, 1.165) is 28.9 Å². The number of aromatic nitrogens is 2. The Bertz CT molecular complexity index is 1340. The molecule has 0 N–H and O–H groups in total. The van der Waals surface area contributed by atoms with E-state index < -0.39 is 0 Å². The first-order valence-electron chi connectivity index (χ1n) is 14.4. The van der Waals surface area contributed by atoms with Crippen LogP contribution in [0.5, 0.6) is 0 Å². The summed E-state index contributed by atoms with van der Waals surface area (Å²) in [5.74, 6) is 0.111. The molecule has 0 saturated carbocycles. The van der Waals surface area contributed by atoms with E-state index in [9.17, 15) is 0 Å². The van der Waals surface area contributed by atoms with E-state index >= 15 is 0 Å². The molecule has 0 saturated heterocycles. The smallest absolute Gasteiger partial charge is 0.0702 e. The second-order valence-electron chi connectivity index (χ2n) is 10.4. The third-order valence-electron chi connectivity index (χ3n) is 7.49. The maximum absolute atomic E-state index is 4.60. The van der Waals surface area contributed by atoms with Crippen molar-refractivity contribution < 1.29 is 0 Å². The third-order valence-corrected chi connectivity index (χ3v) is 7.49. The van der Waals surface area contributed by atoms with Gasteiger partial charge in [0, 0.05) is 29.4 Å². The Hall–Kier alpha value is -4.04. The molecule has 3 aromatic carbocycles. The summed E-state index contributed by atoms with van der Waals surface area (Å²) in [5.41, 5.74) is 9.53. The number of nitrogens with zero attached hydrogens (tertiary/aromatic N) is 2. The molecule has 0 bridgehead atoms. The van der Waals surface area contributed by atoms with Crippen LogP contribution >= 0.6 is 0 Å². The number of hydrogen-bond donors (Lipinski definition) is 0. The van der Waals surface area contributed by atoms with Gasteiger partial charge in [-0.15, -0.1) is 0 Å². The van der Waals surface area contributed by atoms with Crippen LogP contribution in [0.2, 0.25) is 0 Å². The van der Waals surface area contributed by atoms with Gasteiger partial charge >= 0.3 is 0 Å². The minimum absolute atomic E-state index is 0.111. The number of hydrogen-bond acceptors (Lipinski definition) is 2. The van der Waals surface area contributed by atoms with Crippen LogP contribution < -0.4 is 0 Å². The summed E-state index contributed by atoms with van der Waals surface area (Å²) in [4.78, 5) is 9.21. The van der Waals surface area contributed by atoms with Gasteiger partial charge < -0.3 is 0 Å². The van der Waals surface area contributed by atoms with Gasteiger partial charge in [0.2, 0.25) is 0 Å². The summed E-state index contributed by atoms with van der Waals surface area (Å²) >= 11 is 0. The molecule has 5 rings (SSSR count). The van der Waals surface area contributed by atoms with E-state index in [1.54, 1.807) is 0 Å². The molecule has 0 amide bonds. The van der Waals surface area contributed by atoms with Gasteiger partial charge in [-0.2, -0.15) is 0 Å². The summed E-state index contributed by atoms with van der Waals surface area (Å²) < 4.78 is 0. The van der Waals surface area contributed by atoms with E-state index in [1.807, 2.05) is 36.7 Å². The molecule has 39 heavy (non-hydrogen) atoms. The van der Waals surface area contributed by atoms with Crippen LogP contribution in [0.25, 0.3) is 22.5 Å². The molecule has 2 aromatic heterocycles. The van der Waals surface area contributed by atoms with Gasteiger partial charge in [0.05, 0.1) is 11.4 Å². The molecule has 0 atom stereocenters. The maximum atomic E-state index is 4.60. The molecule has 0 aliphatic heterocycles. The van der Waals surface area contributed by atoms with Gasteiger partial charge in [-0.1, -0.05) is 112 Å². The number of unbranched alkanes of at least 4 members (excludes halogenated alkanes) is 5. The highest BCUT2D eigenvalue weighted by Gasteiger charge is 2.19. The Labute approximate surface area is 233 Å². The molecule has 0 aliphatic carbocycles. The van der Waals surface area contributed by atoms with Crippen LogP contribution in [0.1, 0.15) is 73.6 Å². The molecule has 0 unspecified atom stereocenters. The summed E-state index contributed by atoms with van der Waals surface area (Å²) in [5, 5.41) is 0. The molecule has 2 heterocycles. The quantitative estimate of drug-likeness (QED) is 0.123. The Morgan fingerprint density at radius 1 is 0.513 bits per heavy atom. The fourth-order valence-corrected chi connectivity index (χ4v) is 5.39. The standard InChI is InChI=1S/C37H38N2/c1-2-3-4-5-6-7-14-29-21-23-30(24-22-29)37(33-17-12-15-31(27-33)35-19-8-10-25-38-35)34-18-13-16-32(28-34)36-20-9-11-26-39-36/h8-13,15-28,37H,2-7,14H2,1H3. The molecule has 0 radical (unpaired) electrons. The lowest BCUT2D eigenvalue weighted by Crippen LogP contribution is -2.04. The fourth-order valence-electron chi connectivity index (χ4n) is 5.39. The van der Waals surface area contributed by atoms with E-state index in [0.29, 0.717) is 0 Å². The molecule has 0 fully saturated rings. The van der Waals surface area contributed by atoms with Crippen molar-refractivity contribution in [2.75, 3.05) is 0 Å². The zero-order chi connectivity index (χ0) is 26.7. The number of rotatable bonds is 12. The topological polar surface area (TPSA) is 25.8 Å². The summed E-state index contributed by atoms with van der Waals surface area (Å²) in [6, 6.07) is 39.2. The SMILES string of the molecule is CCCCCCCCc1ccc(C(c2cccc(-c3ccccn3)c2)c2cccc(-c3ccccn3)c2)cc1. The van der Waals surface area contributed by atoms with Crippen LogP contribution in [0, 0.1) is 0 Å². The Balaban J connectivity index is 1.46. The minimum Gasteiger partial charge on any atom is -0.256 e. The van der Waals surface area contributed by atoms with Gasteiger partial charge in [0.25, 0.3) is 0 Å². The monoisotopic (exact) mass is 510 g/mol. The van der Waals surface area contributed by atoms with Gasteiger partial charge in [-0.25, -0.2) is 0 Å². The van der Waals surface area contributed by atoms with Crippen LogP contribution in [0.4, 0.5) is 0 Å². The summed E-state index contributed by atoms with van der Waals surface area (Å²) in [7, 11) is 0. The second kappa shape index (κ2) is 13.7. The van der Waals surface area contributed by atoms with Crippen molar-refractivity contribution >= 4 is 0 Å². The number of aryl methyl sites for hydroxylation is 1. The molecular weight excluding hydrogens is 472 g/mol. The minimum atomic E-state index is 0.111. The van der Waals surface area contributed by atoms with E-state index in [-0.39, 0.29) is 5.92 Å². The fraction of sp³-hybridized carbons (Fsp3) is 0.243. The van der Waals surface area contributed by atoms with E-state index in [2.05, 4.69) is 102 Å². The van der Waals surface area contributed by atoms with Crippen molar-refractivity contribution in [1.82, 2.24) is 9.97 Å². The third kappa shape index (κ3) is 7.09. The van der Waals surface area contributed by atoms with Crippen molar-refractivity contribution in [3.63, 3.8) is 0 Å². The largest absolute Gasteiger partial charge is 0.256 e. The average Bonchev–Trinajstić information content (AvgIpc) is 3.01. The van der Waals surface area contributed by atoms with Crippen molar-refractivity contribution in [3.8, 4) is 22.5 Å². The van der Waals surface area contributed by atoms with E-state index in [4.69, 9.17) is 0 Å². The molecule has 196 valence electrons. The summed E-state index contributed by atoms with van der Waals surface area (Å²) in [6.07, 6.45) is 12.9. The van der Waals surface area contributed by atoms with Gasteiger partial charge in [-0.05, 0) is 71.5 Å². The highest BCUT2D eigenvalue weighted by Crippen LogP contribution is 2.35. The normalized spacial score (nSPS) is 11.1. The highest BCUT2D eigenvalue weighted by atomic mass is 14.7. The first-order chi connectivity index (χ1) is 19.3. The van der Waals surface area contributed by atoms with Crippen molar-refractivity contribution in [2.24, 2.45) is 0 Å². The zero-order valence-corrected chi connectivity index (χ0v) is 23.0. The maximum Gasteiger partial charge on any atom is 0.0702 e. The molecular formula is C37H38N2. The highest BCUT2D eigenvalue weighted by molar-refractivity contribution is 5.64. The molecule has 2 nitrogen and oxygen atoms in total. The lowest BCUT2D eigenvalue weighted by atomic mass is 9.83. The number of benzene rings is 3. The summed E-state index contributed by atoms with van der Waals surface area (Å²) in [6.45, 7) is 2.28. The Morgan fingerprint density at radius 3 is 1.62 bits per heavy atom. The van der Waals surface area contributed by atoms with Gasteiger partial charge in [0.15, 0.2) is 0 Å². The van der Waals surface area contributed by atoms with Crippen molar-refractivity contribution in [3.05, 3.63) is 144 Å². The molecule has 0 spiro atoms. The predicted molar refractivity (Wildman–Crippen MR) is 164 cm³/mol. The Kier molecular flexibility index (Phi) is 9.31. The molecule has 0 aliphatic rings. The first-order valence-corrected chi connectivity index (χ1v) is 14.4. The lowest BCUT2D eigenvalue weighted by molar-refractivity contribution is 0.607. The molecule has 2 heteroatoms. The first kappa shape index (κ1) is 26.6. The predicted octanol–water partition coefficient (Wildman–Crippen LogP) is 9.89. The van der Waals surface area contributed by atoms with Crippen LogP contribution in [0.3, 0.4) is 0 Å². The van der Waals surface area contributed by atoms with Crippen LogP contribution in [0.15, 0.2) is 122 Å². The Morgan fingerprint density at radius 2 is 1.08 bits per heavy atom. The zero-order valence-electron chi connectivity index (χ0n) is 23.0.